The van der Waals surface area contributed by atoms with Gasteiger partial charge in [0.1, 0.15) is 5.75 Å². The maximum atomic E-state index is 5.98. The fraction of sp³-hybridized carbons (Fsp3) is 0.600. The molecule has 0 radical (unpaired) electrons. The van der Waals surface area contributed by atoms with Gasteiger partial charge in [0.15, 0.2) is 0 Å². The van der Waals surface area contributed by atoms with Crippen molar-refractivity contribution in [3.63, 3.8) is 0 Å². The van der Waals surface area contributed by atoms with E-state index in [2.05, 4.69) is 24.0 Å². The Bertz CT molecular complexity index is 381. The number of nitrogens with zero attached hydrogens (tertiary/aromatic N) is 1. The second-order valence-electron chi connectivity index (χ2n) is 5.09. The fourth-order valence-electron chi connectivity index (χ4n) is 2.82. The van der Waals surface area contributed by atoms with Crippen LogP contribution >= 0.6 is 0 Å². The third-order valence-corrected chi connectivity index (χ3v) is 4.04. The number of rotatable bonds is 5. The molecule has 0 aromatic heterocycles. The lowest BCUT2D eigenvalue weighted by molar-refractivity contribution is 0.240. The minimum atomic E-state index is 0.330. The summed E-state index contributed by atoms with van der Waals surface area (Å²) in [6.45, 7) is 5.29. The van der Waals surface area contributed by atoms with Crippen LogP contribution in [0.5, 0.6) is 5.75 Å². The van der Waals surface area contributed by atoms with E-state index in [0.717, 1.165) is 18.2 Å². The molecule has 0 amide bonds. The van der Waals surface area contributed by atoms with Crippen molar-refractivity contribution in [3.8, 4) is 5.75 Å². The lowest BCUT2D eigenvalue weighted by Crippen LogP contribution is -2.32. The zero-order valence-electron chi connectivity index (χ0n) is 11.4. The van der Waals surface area contributed by atoms with Gasteiger partial charge in [-0.2, -0.15) is 0 Å². The van der Waals surface area contributed by atoms with Gasteiger partial charge in [-0.3, -0.25) is 4.90 Å². The quantitative estimate of drug-likeness (QED) is 0.869. The standard InChI is InChI=1S/C15H24N2O/c1-3-12-7-8-17(11-12)15(10-16)13-5-4-6-14(9-13)18-2/h4-6,9,12,15H,3,7-8,10-11,16H2,1-2H3. The molecule has 1 aromatic carbocycles. The van der Waals surface area contributed by atoms with Crippen LogP contribution in [0, 0.1) is 5.92 Å². The third kappa shape index (κ3) is 2.85. The maximum Gasteiger partial charge on any atom is 0.119 e. The van der Waals surface area contributed by atoms with Crippen LogP contribution in [0.4, 0.5) is 0 Å². The molecule has 1 fully saturated rings. The Balaban J connectivity index is 2.12. The van der Waals surface area contributed by atoms with Crippen LogP contribution in [-0.4, -0.2) is 31.6 Å². The van der Waals surface area contributed by atoms with Crippen molar-refractivity contribution in [2.75, 3.05) is 26.7 Å². The molecule has 100 valence electrons. The van der Waals surface area contributed by atoms with E-state index in [-0.39, 0.29) is 0 Å². The van der Waals surface area contributed by atoms with Crippen molar-refractivity contribution in [2.24, 2.45) is 11.7 Å². The van der Waals surface area contributed by atoms with Gasteiger partial charge in [0.05, 0.1) is 7.11 Å². The molecule has 3 nitrogen and oxygen atoms in total. The van der Waals surface area contributed by atoms with E-state index in [0.29, 0.717) is 12.6 Å². The lowest BCUT2D eigenvalue weighted by atomic mass is 10.0. The van der Waals surface area contributed by atoms with Gasteiger partial charge in [0.25, 0.3) is 0 Å². The van der Waals surface area contributed by atoms with E-state index >= 15 is 0 Å². The molecule has 2 N–H and O–H groups in total. The minimum absolute atomic E-state index is 0.330. The summed E-state index contributed by atoms with van der Waals surface area (Å²) in [5.74, 6) is 1.75. The number of ether oxygens (including phenoxy) is 1. The Labute approximate surface area is 110 Å². The first-order valence-corrected chi connectivity index (χ1v) is 6.86. The van der Waals surface area contributed by atoms with E-state index in [9.17, 15) is 0 Å². The molecule has 2 atom stereocenters. The van der Waals surface area contributed by atoms with Gasteiger partial charge in [0.2, 0.25) is 0 Å². The van der Waals surface area contributed by atoms with Crippen LogP contribution in [0.2, 0.25) is 0 Å². The second kappa shape index (κ2) is 6.21. The average molecular weight is 248 g/mol. The number of likely N-dealkylation sites (tertiary alicyclic amines) is 1. The summed E-state index contributed by atoms with van der Waals surface area (Å²) in [4.78, 5) is 2.52. The van der Waals surface area contributed by atoms with Gasteiger partial charge < -0.3 is 10.5 Å². The predicted molar refractivity (Wildman–Crippen MR) is 74.8 cm³/mol. The zero-order valence-corrected chi connectivity index (χ0v) is 11.4. The van der Waals surface area contributed by atoms with E-state index in [1.54, 1.807) is 7.11 Å². The molecular weight excluding hydrogens is 224 g/mol. The number of hydrogen-bond donors (Lipinski definition) is 1. The fourth-order valence-corrected chi connectivity index (χ4v) is 2.82. The summed E-state index contributed by atoms with van der Waals surface area (Å²) in [7, 11) is 1.71. The molecule has 0 bridgehead atoms. The highest BCUT2D eigenvalue weighted by atomic mass is 16.5. The lowest BCUT2D eigenvalue weighted by Gasteiger charge is -2.27. The Morgan fingerprint density at radius 1 is 1.50 bits per heavy atom. The molecule has 1 aromatic rings. The highest BCUT2D eigenvalue weighted by Gasteiger charge is 2.27. The molecule has 1 heterocycles. The van der Waals surface area contributed by atoms with Crippen LogP contribution < -0.4 is 10.5 Å². The van der Waals surface area contributed by atoms with Crippen LogP contribution in [0.1, 0.15) is 31.4 Å². The molecule has 2 rings (SSSR count). The normalized spacial score (nSPS) is 22.1. The molecule has 2 unspecified atom stereocenters. The van der Waals surface area contributed by atoms with Crippen LogP contribution in [0.25, 0.3) is 0 Å². The van der Waals surface area contributed by atoms with E-state index in [1.165, 1.54) is 24.9 Å². The number of hydrogen-bond acceptors (Lipinski definition) is 3. The highest BCUT2D eigenvalue weighted by molar-refractivity contribution is 5.31. The van der Waals surface area contributed by atoms with Gasteiger partial charge in [-0.25, -0.2) is 0 Å². The first-order chi connectivity index (χ1) is 8.78. The molecule has 0 saturated carbocycles. The van der Waals surface area contributed by atoms with E-state index in [1.807, 2.05) is 12.1 Å². The first-order valence-electron chi connectivity index (χ1n) is 6.86. The van der Waals surface area contributed by atoms with Gasteiger partial charge in [-0.1, -0.05) is 25.5 Å². The third-order valence-electron chi connectivity index (χ3n) is 4.04. The van der Waals surface area contributed by atoms with Gasteiger partial charge >= 0.3 is 0 Å². The van der Waals surface area contributed by atoms with Crippen molar-refractivity contribution in [1.82, 2.24) is 4.90 Å². The Hall–Kier alpha value is -1.06. The monoisotopic (exact) mass is 248 g/mol. The second-order valence-corrected chi connectivity index (χ2v) is 5.09. The summed E-state index contributed by atoms with van der Waals surface area (Å²) < 4.78 is 5.30. The Morgan fingerprint density at radius 2 is 2.33 bits per heavy atom. The first kappa shape index (κ1) is 13.4. The molecule has 1 saturated heterocycles. The minimum Gasteiger partial charge on any atom is -0.497 e. The summed E-state index contributed by atoms with van der Waals surface area (Å²) in [5, 5.41) is 0. The van der Waals surface area contributed by atoms with Crippen molar-refractivity contribution < 1.29 is 4.74 Å². The molecular formula is C15H24N2O. The number of nitrogens with two attached hydrogens (primary N) is 1. The summed E-state index contributed by atoms with van der Waals surface area (Å²) >= 11 is 0. The van der Waals surface area contributed by atoms with E-state index < -0.39 is 0 Å². The topological polar surface area (TPSA) is 38.5 Å². The highest BCUT2D eigenvalue weighted by Crippen LogP contribution is 2.29. The number of methoxy groups -OCH3 is 1. The van der Waals surface area contributed by atoms with Gasteiger partial charge in [-0.15, -0.1) is 0 Å². The van der Waals surface area contributed by atoms with Gasteiger partial charge in [0, 0.05) is 19.1 Å². The van der Waals surface area contributed by atoms with E-state index in [4.69, 9.17) is 10.5 Å². The molecule has 0 aliphatic carbocycles. The van der Waals surface area contributed by atoms with Crippen molar-refractivity contribution in [3.05, 3.63) is 29.8 Å². The SMILES string of the molecule is CCC1CCN(C(CN)c2cccc(OC)c2)C1. The van der Waals surface area contributed by atoms with Crippen molar-refractivity contribution >= 4 is 0 Å². The smallest absolute Gasteiger partial charge is 0.119 e. The maximum absolute atomic E-state index is 5.98. The molecule has 18 heavy (non-hydrogen) atoms. The predicted octanol–water partition coefficient (Wildman–Crippen LogP) is 2.43. The molecule has 3 heteroatoms. The Morgan fingerprint density at radius 3 is 2.94 bits per heavy atom. The van der Waals surface area contributed by atoms with Crippen molar-refractivity contribution in [2.45, 2.75) is 25.8 Å². The zero-order chi connectivity index (χ0) is 13.0. The summed E-state index contributed by atoms with van der Waals surface area (Å²) in [5.41, 5.74) is 7.25. The number of benzene rings is 1. The van der Waals surface area contributed by atoms with Crippen LogP contribution in [-0.2, 0) is 0 Å². The molecule has 1 aliphatic rings. The molecule has 1 aliphatic heterocycles. The average Bonchev–Trinajstić information content (AvgIpc) is 2.88. The van der Waals surface area contributed by atoms with Crippen LogP contribution in [0.3, 0.4) is 0 Å². The Kier molecular flexibility index (Phi) is 4.61. The summed E-state index contributed by atoms with van der Waals surface area (Å²) in [6.07, 6.45) is 2.57. The van der Waals surface area contributed by atoms with Gasteiger partial charge in [-0.05, 0) is 36.6 Å². The van der Waals surface area contributed by atoms with Crippen LogP contribution in [0.15, 0.2) is 24.3 Å². The largest absolute Gasteiger partial charge is 0.497 e. The summed E-state index contributed by atoms with van der Waals surface area (Å²) in [6, 6.07) is 8.62. The molecule has 0 spiro atoms. The van der Waals surface area contributed by atoms with Crippen molar-refractivity contribution in [1.29, 1.82) is 0 Å².